The Morgan fingerprint density at radius 1 is 1.00 bits per heavy atom. The number of para-hydroxylation sites is 2. The number of amides is 1. The summed E-state index contributed by atoms with van der Waals surface area (Å²) in [4.78, 5) is 25.4. The molecule has 148 valence electrons. The summed E-state index contributed by atoms with van der Waals surface area (Å²) in [6, 6.07) is 19.4. The molecule has 0 saturated carbocycles. The molecule has 0 heterocycles. The molecule has 3 aromatic carbocycles. The van der Waals surface area contributed by atoms with Gasteiger partial charge in [-0.1, -0.05) is 48.0 Å². The second-order valence-corrected chi connectivity index (χ2v) is 6.90. The van der Waals surface area contributed by atoms with Crippen molar-refractivity contribution in [1.29, 1.82) is 0 Å². The van der Waals surface area contributed by atoms with Gasteiger partial charge in [-0.3, -0.25) is 4.79 Å². The highest BCUT2D eigenvalue weighted by atomic mass is 35.5. The third kappa shape index (κ3) is 4.41. The van der Waals surface area contributed by atoms with Crippen molar-refractivity contribution >= 4 is 40.5 Å². The van der Waals surface area contributed by atoms with E-state index < -0.39 is 6.09 Å². The molecular formula is C23H20ClN2O3-. The maximum atomic E-state index is 12.8. The van der Waals surface area contributed by atoms with Crippen molar-refractivity contribution < 1.29 is 14.7 Å². The first-order valence-electron chi connectivity index (χ1n) is 9.16. The fraction of sp³-hybridized carbons (Fsp3) is 0.130. The fourth-order valence-corrected chi connectivity index (χ4v) is 3.38. The van der Waals surface area contributed by atoms with Crippen molar-refractivity contribution in [3.8, 4) is 0 Å². The number of carboxylic acid groups (broad SMARTS) is 1. The summed E-state index contributed by atoms with van der Waals surface area (Å²) in [5, 5.41) is 14.9. The Morgan fingerprint density at radius 3 is 2.34 bits per heavy atom. The first-order valence-corrected chi connectivity index (χ1v) is 9.54. The van der Waals surface area contributed by atoms with Gasteiger partial charge in [-0.25, -0.2) is 0 Å². The minimum Gasteiger partial charge on any atom is -0.530 e. The van der Waals surface area contributed by atoms with Crippen LogP contribution in [-0.2, 0) is 0 Å². The summed E-state index contributed by atoms with van der Waals surface area (Å²) in [7, 11) is 0. The zero-order valence-corrected chi connectivity index (χ0v) is 16.9. The lowest BCUT2D eigenvalue weighted by Crippen LogP contribution is -2.41. The Bertz CT molecular complexity index is 1070. The molecule has 0 unspecified atom stereocenters. The molecule has 3 rings (SSSR count). The standard InChI is InChI=1S/C23H21ClN2O3/c1-3-26(23(28)29)21-11-7-6-10-20(21)25-16-12-13-18(19(24)14-16)22(27)17-9-5-4-8-15(17)2/h4-14,25H,3H2,1-2H3,(H,28,29)/p-1. The monoisotopic (exact) mass is 407 g/mol. The van der Waals surface area contributed by atoms with Crippen LogP contribution in [0.3, 0.4) is 0 Å². The molecule has 0 spiro atoms. The highest BCUT2D eigenvalue weighted by molar-refractivity contribution is 6.35. The first kappa shape index (κ1) is 20.4. The predicted octanol–water partition coefficient (Wildman–Crippen LogP) is 4.79. The van der Waals surface area contributed by atoms with E-state index in [2.05, 4.69) is 5.32 Å². The van der Waals surface area contributed by atoms with Crippen LogP contribution in [0.4, 0.5) is 21.9 Å². The fourth-order valence-electron chi connectivity index (χ4n) is 3.12. The van der Waals surface area contributed by atoms with E-state index in [9.17, 15) is 14.7 Å². The summed E-state index contributed by atoms with van der Waals surface area (Å²) in [5.74, 6) is -0.144. The second-order valence-electron chi connectivity index (χ2n) is 6.49. The third-order valence-corrected chi connectivity index (χ3v) is 4.93. The number of nitrogens with one attached hydrogen (secondary N) is 1. The Kier molecular flexibility index (Phi) is 6.20. The number of ketones is 1. The van der Waals surface area contributed by atoms with E-state index in [0.29, 0.717) is 33.2 Å². The van der Waals surface area contributed by atoms with E-state index in [4.69, 9.17) is 11.6 Å². The number of nitrogens with zero attached hydrogens (tertiary/aromatic N) is 1. The van der Waals surface area contributed by atoms with Gasteiger partial charge in [0.05, 0.1) is 16.4 Å². The molecule has 0 bridgehead atoms. The van der Waals surface area contributed by atoms with Crippen LogP contribution < -0.4 is 15.3 Å². The maximum absolute atomic E-state index is 12.8. The Labute approximate surface area is 174 Å². The van der Waals surface area contributed by atoms with Crippen LogP contribution >= 0.6 is 11.6 Å². The number of halogens is 1. The summed E-state index contributed by atoms with van der Waals surface area (Å²) >= 11 is 6.40. The number of anilines is 3. The Balaban J connectivity index is 1.90. The Morgan fingerprint density at radius 2 is 1.69 bits per heavy atom. The molecule has 1 amide bonds. The molecule has 3 aromatic rings. The number of rotatable bonds is 6. The number of benzene rings is 3. The van der Waals surface area contributed by atoms with E-state index in [-0.39, 0.29) is 12.3 Å². The summed E-state index contributed by atoms with van der Waals surface area (Å²) in [6.07, 6.45) is -1.28. The minimum atomic E-state index is -1.28. The highest BCUT2D eigenvalue weighted by Gasteiger charge is 2.16. The lowest BCUT2D eigenvalue weighted by Gasteiger charge is -2.26. The van der Waals surface area contributed by atoms with E-state index >= 15 is 0 Å². The van der Waals surface area contributed by atoms with Gasteiger partial charge in [0, 0.05) is 23.4 Å². The van der Waals surface area contributed by atoms with Gasteiger partial charge in [0.1, 0.15) is 6.09 Å². The largest absolute Gasteiger partial charge is 0.530 e. The number of hydrogen-bond acceptors (Lipinski definition) is 4. The predicted molar refractivity (Wildman–Crippen MR) is 114 cm³/mol. The molecule has 0 aromatic heterocycles. The van der Waals surface area contributed by atoms with Crippen LogP contribution in [-0.4, -0.2) is 18.4 Å². The molecule has 6 heteroatoms. The average molecular weight is 408 g/mol. The van der Waals surface area contributed by atoms with Crippen molar-refractivity contribution in [3.63, 3.8) is 0 Å². The van der Waals surface area contributed by atoms with Gasteiger partial charge in [-0.05, 0) is 49.7 Å². The summed E-state index contributed by atoms with van der Waals surface area (Å²) in [6.45, 7) is 3.87. The molecule has 1 N–H and O–H groups in total. The molecule has 0 aliphatic rings. The van der Waals surface area contributed by atoms with Gasteiger partial charge in [0.25, 0.3) is 0 Å². The lowest BCUT2D eigenvalue weighted by molar-refractivity contribution is -0.246. The summed E-state index contributed by atoms with van der Waals surface area (Å²) in [5.41, 5.74) is 3.60. The van der Waals surface area contributed by atoms with Gasteiger partial charge < -0.3 is 20.1 Å². The van der Waals surface area contributed by atoms with Crippen LogP contribution in [0.5, 0.6) is 0 Å². The van der Waals surface area contributed by atoms with E-state index in [1.54, 1.807) is 55.5 Å². The molecule has 0 radical (unpaired) electrons. The van der Waals surface area contributed by atoms with E-state index in [1.807, 2.05) is 25.1 Å². The van der Waals surface area contributed by atoms with E-state index in [0.717, 1.165) is 10.5 Å². The minimum absolute atomic E-state index is 0.144. The SMILES string of the molecule is CCN(C(=O)[O-])c1ccccc1Nc1ccc(C(=O)c2ccccc2C)c(Cl)c1. The molecule has 0 aliphatic carbocycles. The molecule has 29 heavy (non-hydrogen) atoms. The van der Waals surface area contributed by atoms with Crippen LogP contribution in [0.2, 0.25) is 5.02 Å². The normalized spacial score (nSPS) is 10.4. The molecule has 0 fully saturated rings. The lowest BCUT2D eigenvalue weighted by atomic mass is 9.99. The van der Waals surface area contributed by atoms with Crippen molar-refractivity contribution in [2.75, 3.05) is 16.8 Å². The average Bonchev–Trinajstić information content (AvgIpc) is 2.69. The van der Waals surface area contributed by atoms with Crippen molar-refractivity contribution in [2.45, 2.75) is 13.8 Å². The van der Waals surface area contributed by atoms with Crippen LogP contribution in [0, 0.1) is 6.92 Å². The number of carbonyl (C=O) groups excluding carboxylic acids is 2. The second kappa shape index (κ2) is 8.80. The molecule has 0 aliphatic heterocycles. The molecular weight excluding hydrogens is 388 g/mol. The molecule has 5 nitrogen and oxygen atoms in total. The van der Waals surface area contributed by atoms with Crippen molar-refractivity contribution in [2.24, 2.45) is 0 Å². The zero-order chi connectivity index (χ0) is 21.0. The van der Waals surface area contributed by atoms with Crippen LogP contribution in [0.25, 0.3) is 0 Å². The highest BCUT2D eigenvalue weighted by Crippen LogP contribution is 2.31. The van der Waals surface area contributed by atoms with Crippen LogP contribution in [0.15, 0.2) is 66.7 Å². The zero-order valence-electron chi connectivity index (χ0n) is 16.1. The molecule has 0 atom stereocenters. The van der Waals surface area contributed by atoms with Gasteiger partial charge >= 0.3 is 0 Å². The third-order valence-electron chi connectivity index (χ3n) is 4.61. The number of hydrogen-bond donors (Lipinski definition) is 1. The smallest absolute Gasteiger partial charge is 0.194 e. The van der Waals surface area contributed by atoms with Gasteiger partial charge in [-0.2, -0.15) is 0 Å². The van der Waals surface area contributed by atoms with Gasteiger partial charge in [-0.15, -0.1) is 0 Å². The van der Waals surface area contributed by atoms with Crippen molar-refractivity contribution in [3.05, 3.63) is 88.4 Å². The summed E-state index contributed by atoms with van der Waals surface area (Å²) < 4.78 is 0. The number of carbonyl (C=O) groups is 2. The van der Waals surface area contributed by atoms with Gasteiger partial charge in [0.2, 0.25) is 0 Å². The maximum Gasteiger partial charge on any atom is 0.194 e. The van der Waals surface area contributed by atoms with E-state index in [1.165, 1.54) is 0 Å². The number of aryl methyl sites for hydroxylation is 1. The molecule has 0 saturated heterocycles. The first-order chi connectivity index (χ1) is 13.9. The van der Waals surface area contributed by atoms with Crippen LogP contribution in [0.1, 0.15) is 28.4 Å². The quantitative estimate of drug-likeness (QED) is 0.596. The van der Waals surface area contributed by atoms with Crippen molar-refractivity contribution in [1.82, 2.24) is 0 Å². The Hall–Kier alpha value is -3.31. The topological polar surface area (TPSA) is 72.5 Å². The van der Waals surface area contributed by atoms with Gasteiger partial charge in [0.15, 0.2) is 5.78 Å².